The lowest BCUT2D eigenvalue weighted by atomic mass is 10.0. The minimum atomic E-state index is -0.844. The molecule has 0 aliphatic rings. The average molecular weight is 369 g/mol. The van der Waals surface area contributed by atoms with E-state index in [1.54, 1.807) is 38.1 Å². The summed E-state index contributed by atoms with van der Waals surface area (Å²) in [6.45, 7) is 5.48. The first-order valence-electron chi connectivity index (χ1n) is 8.55. The van der Waals surface area contributed by atoms with E-state index in [1.807, 2.05) is 19.1 Å². The molecule has 7 nitrogen and oxygen atoms in total. The number of aryl methyl sites for hydroxylation is 1. The first-order chi connectivity index (χ1) is 12.8. The summed E-state index contributed by atoms with van der Waals surface area (Å²) in [5.41, 5.74) is 6.03. The van der Waals surface area contributed by atoms with Crippen LogP contribution in [0.1, 0.15) is 40.1 Å². The molecule has 0 heterocycles. The summed E-state index contributed by atoms with van der Waals surface area (Å²) < 4.78 is 0. The lowest BCUT2D eigenvalue weighted by Crippen LogP contribution is -2.54. The van der Waals surface area contributed by atoms with Crippen molar-refractivity contribution < 1.29 is 19.5 Å². The Hall–Kier alpha value is -3.35. The van der Waals surface area contributed by atoms with E-state index in [9.17, 15) is 19.5 Å². The lowest BCUT2D eigenvalue weighted by Gasteiger charge is -2.22. The van der Waals surface area contributed by atoms with E-state index in [0.29, 0.717) is 5.56 Å². The van der Waals surface area contributed by atoms with Crippen molar-refractivity contribution >= 4 is 17.7 Å². The molecule has 3 amide bonds. The van der Waals surface area contributed by atoms with E-state index in [-0.39, 0.29) is 23.1 Å². The van der Waals surface area contributed by atoms with Crippen LogP contribution in [0.3, 0.4) is 0 Å². The third-order valence-corrected chi connectivity index (χ3v) is 4.00. The fourth-order valence-corrected chi connectivity index (χ4v) is 2.39. The van der Waals surface area contributed by atoms with Gasteiger partial charge in [0.15, 0.2) is 0 Å². The normalized spacial score (nSPS) is 11.6. The fraction of sp³-hybridized carbons (Fsp3) is 0.250. The Bertz CT molecular complexity index is 831. The predicted octanol–water partition coefficient (Wildman–Crippen LogP) is 1.92. The molecule has 142 valence electrons. The van der Waals surface area contributed by atoms with Gasteiger partial charge in [0.05, 0.1) is 5.56 Å². The van der Waals surface area contributed by atoms with Crippen molar-refractivity contribution in [3.63, 3.8) is 0 Å². The van der Waals surface area contributed by atoms with Gasteiger partial charge in [0.1, 0.15) is 11.8 Å². The number of hydrazine groups is 1. The van der Waals surface area contributed by atoms with Crippen LogP contribution in [0, 0.1) is 12.8 Å². The Morgan fingerprint density at radius 2 is 1.52 bits per heavy atom. The van der Waals surface area contributed by atoms with E-state index in [1.165, 1.54) is 12.1 Å². The zero-order valence-electron chi connectivity index (χ0n) is 15.4. The SMILES string of the molecule is Cc1ccc(C(=O)N[C@H](C(=O)NNC(=O)c2ccccc2O)C(C)C)cc1. The molecule has 7 heteroatoms. The molecular formula is C20H23N3O4. The van der Waals surface area contributed by atoms with Gasteiger partial charge >= 0.3 is 0 Å². The highest BCUT2D eigenvalue weighted by Crippen LogP contribution is 2.14. The minimum Gasteiger partial charge on any atom is -0.507 e. The number of carbonyl (C=O) groups is 3. The quantitative estimate of drug-likeness (QED) is 0.604. The lowest BCUT2D eigenvalue weighted by molar-refractivity contribution is -0.124. The Morgan fingerprint density at radius 3 is 2.11 bits per heavy atom. The standard InChI is InChI=1S/C20H23N3O4/c1-12(2)17(21-18(25)14-10-8-13(3)9-11-14)20(27)23-22-19(26)15-6-4-5-7-16(15)24/h4-12,17,24H,1-3H3,(H,21,25)(H,22,26)(H,23,27)/t17-/m0/s1. The van der Waals surface area contributed by atoms with E-state index in [0.717, 1.165) is 5.56 Å². The summed E-state index contributed by atoms with van der Waals surface area (Å²) in [6, 6.07) is 12.1. The number of para-hydroxylation sites is 1. The number of amides is 3. The molecule has 0 aliphatic carbocycles. The van der Waals surface area contributed by atoms with Gasteiger partial charge in [-0.3, -0.25) is 25.2 Å². The van der Waals surface area contributed by atoms with Crippen molar-refractivity contribution in [1.82, 2.24) is 16.2 Å². The predicted molar refractivity (Wildman–Crippen MR) is 101 cm³/mol. The number of benzene rings is 2. The van der Waals surface area contributed by atoms with E-state index < -0.39 is 17.9 Å². The van der Waals surface area contributed by atoms with Gasteiger partial charge in [-0.05, 0) is 37.1 Å². The van der Waals surface area contributed by atoms with Crippen LogP contribution in [-0.4, -0.2) is 28.9 Å². The van der Waals surface area contributed by atoms with Crippen LogP contribution in [0.5, 0.6) is 5.75 Å². The molecule has 0 spiro atoms. The van der Waals surface area contributed by atoms with Crippen LogP contribution >= 0.6 is 0 Å². The number of phenolic OH excluding ortho intramolecular Hbond substituents is 1. The fourth-order valence-electron chi connectivity index (χ4n) is 2.39. The first kappa shape index (κ1) is 20.0. The van der Waals surface area contributed by atoms with Crippen molar-refractivity contribution in [2.45, 2.75) is 26.8 Å². The topological polar surface area (TPSA) is 108 Å². The Balaban J connectivity index is 2.00. The van der Waals surface area contributed by atoms with Crippen molar-refractivity contribution in [1.29, 1.82) is 0 Å². The highest BCUT2D eigenvalue weighted by molar-refractivity contribution is 6.00. The van der Waals surface area contributed by atoms with Crippen LogP contribution in [0.25, 0.3) is 0 Å². The van der Waals surface area contributed by atoms with Crippen molar-refractivity contribution in [3.8, 4) is 5.75 Å². The molecule has 0 fully saturated rings. The maximum Gasteiger partial charge on any atom is 0.273 e. The van der Waals surface area contributed by atoms with Gasteiger partial charge in [0, 0.05) is 5.56 Å². The summed E-state index contributed by atoms with van der Waals surface area (Å²) in [7, 11) is 0. The number of nitrogens with one attached hydrogen (secondary N) is 3. The van der Waals surface area contributed by atoms with Crippen LogP contribution in [0.2, 0.25) is 0 Å². The second-order valence-corrected chi connectivity index (χ2v) is 6.52. The Labute approximate surface area is 157 Å². The second-order valence-electron chi connectivity index (χ2n) is 6.52. The van der Waals surface area contributed by atoms with Gasteiger partial charge in [0.25, 0.3) is 17.7 Å². The Morgan fingerprint density at radius 1 is 0.889 bits per heavy atom. The number of carbonyl (C=O) groups excluding carboxylic acids is 3. The maximum absolute atomic E-state index is 12.4. The van der Waals surface area contributed by atoms with Gasteiger partial charge < -0.3 is 10.4 Å². The molecule has 0 saturated heterocycles. The van der Waals surface area contributed by atoms with Crippen molar-refractivity contribution in [2.24, 2.45) is 5.92 Å². The Kier molecular flexibility index (Phi) is 6.54. The molecule has 0 saturated carbocycles. The average Bonchev–Trinajstić information content (AvgIpc) is 2.64. The summed E-state index contributed by atoms with van der Waals surface area (Å²) in [5.74, 6) is -2.00. The zero-order chi connectivity index (χ0) is 20.0. The second kappa shape index (κ2) is 8.84. The molecule has 1 atom stereocenters. The van der Waals surface area contributed by atoms with Crippen LogP contribution < -0.4 is 16.2 Å². The monoisotopic (exact) mass is 369 g/mol. The highest BCUT2D eigenvalue weighted by atomic mass is 16.3. The van der Waals surface area contributed by atoms with Crippen molar-refractivity contribution in [3.05, 3.63) is 65.2 Å². The van der Waals surface area contributed by atoms with Gasteiger partial charge in [0.2, 0.25) is 0 Å². The molecule has 2 aromatic rings. The van der Waals surface area contributed by atoms with Gasteiger partial charge in [-0.15, -0.1) is 0 Å². The van der Waals surface area contributed by atoms with E-state index >= 15 is 0 Å². The zero-order valence-corrected chi connectivity index (χ0v) is 15.4. The van der Waals surface area contributed by atoms with E-state index in [4.69, 9.17) is 0 Å². The van der Waals surface area contributed by atoms with Gasteiger partial charge in [-0.1, -0.05) is 43.7 Å². The summed E-state index contributed by atoms with van der Waals surface area (Å²) in [5, 5.41) is 12.4. The number of phenols is 1. The summed E-state index contributed by atoms with van der Waals surface area (Å²) in [6.07, 6.45) is 0. The number of rotatable bonds is 5. The molecule has 0 radical (unpaired) electrons. The summed E-state index contributed by atoms with van der Waals surface area (Å²) >= 11 is 0. The number of hydrogen-bond acceptors (Lipinski definition) is 4. The smallest absolute Gasteiger partial charge is 0.273 e. The third kappa shape index (κ3) is 5.31. The van der Waals surface area contributed by atoms with Crippen LogP contribution in [0.15, 0.2) is 48.5 Å². The maximum atomic E-state index is 12.4. The molecular weight excluding hydrogens is 346 g/mol. The molecule has 2 aromatic carbocycles. The molecule has 2 rings (SSSR count). The minimum absolute atomic E-state index is 0.0302. The van der Waals surface area contributed by atoms with Crippen LogP contribution in [0.4, 0.5) is 0 Å². The molecule has 0 aliphatic heterocycles. The number of aromatic hydroxyl groups is 1. The third-order valence-electron chi connectivity index (χ3n) is 4.00. The molecule has 0 unspecified atom stereocenters. The highest BCUT2D eigenvalue weighted by Gasteiger charge is 2.25. The van der Waals surface area contributed by atoms with Gasteiger partial charge in [-0.25, -0.2) is 0 Å². The van der Waals surface area contributed by atoms with Crippen LogP contribution in [-0.2, 0) is 4.79 Å². The molecule has 0 bridgehead atoms. The van der Waals surface area contributed by atoms with Crippen molar-refractivity contribution in [2.75, 3.05) is 0 Å². The van der Waals surface area contributed by atoms with E-state index in [2.05, 4.69) is 16.2 Å². The molecule has 4 N–H and O–H groups in total. The summed E-state index contributed by atoms with van der Waals surface area (Å²) in [4.78, 5) is 36.9. The van der Waals surface area contributed by atoms with Gasteiger partial charge in [-0.2, -0.15) is 0 Å². The molecule has 0 aromatic heterocycles. The number of hydrogen-bond donors (Lipinski definition) is 4. The first-order valence-corrected chi connectivity index (χ1v) is 8.55. The largest absolute Gasteiger partial charge is 0.507 e. The molecule has 27 heavy (non-hydrogen) atoms.